The molecule has 1 fully saturated rings. The molecule has 1 saturated carbocycles. The topological polar surface area (TPSA) is 118 Å². The van der Waals surface area contributed by atoms with Crippen LogP contribution in [0.4, 0.5) is 10.1 Å². The molecular formula is C31H30Cl2FN5O4. The number of nitrogens with one attached hydrogen (secondary N) is 2. The molecule has 1 unspecified atom stereocenters. The molecule has 3 N–H and O–H groups in total. The third kappa shape index (κ3) is 6.57. The van der Waals surface area contributed by atoms with Gasteiger partial charge >= 0.3 is 0 Å². The minimum atomic E-state index is -0.759. The Balaban J connectivity index is 1.44. The molecule has 2 aromatic carbocycles. The highest BCUT2D eigenvalue weighted by atomic mass is 35.5. The monoisotopic (exact) mass is 625 g/mol. The lowest BCUT2D eigenvalue weighted by Gasteiger charge is -2.28. The van der Waals surface area contributed by atoms with Crippen LogP contribution < -0.4 is 20.9 Å². The second-order valence-electron chi connectivity index (χ2n) is 10.3. The van der Waals surface area contributed by atoms with Crippen LogP contribution in [0.1, 0.15) is 41.6 Å². The summed E-state index contributed by atoms with van der Waals surface area (Å²) in [5, 5.41) is 20.3. The largest absolute Gasteiger partial charge is 0.481 e. The van der Waals surface area contributed by atoms with E-state index < -0.39 is 17.3 Å². The van der Waals surface area contributed by atoms with Crippen molar-refractivity contribution in [3.05, 3.63) is 92.1 Å². The zero-order valence-corrected chi connectivity index (χ0v) is 25.0. The fourth-order valence-electron chi connectivity index (χ4n) is 5.20. The van der Waals surface area contributed by atoms with E-state index in [0.29, 0.717) is 29.2 Å². The molecule has 43 heavy (non-hydrogen) atoms. The Labute approximate surface area is 257 Å². The van der Waals surface area contributed by atoms with Gasteiger partial charge in [0.05, 0.1) is 34.6 Å². The van der Waals surface area contributed by atoms with Crippen LogP contribution in [-0.4, -0.2) is 45.0 Å². The number of halogens is 3. The van der Waals surface area contributed by atoms with Crippen molar-refractivity contribution in [2.75, 3.05) is 12.4 Å². The number of aromatic nitrogens is 3. The smallest absolute Gasteiger partial charge is 0.279 e. The number of hydrogen-bond donors (Lipinski definition) is 3. The van der Waals surface area contributed by atoms with Crippen molar-refractivity contribution in [2.24, 2.45) is 7.05 Å². The van der Waals surface area contributed by atoms with Crippen molar-refractivity contribution >= 4 is 34.8 Å². The van der Waals surface area contributed by atoms with E-state index in [0.717, 1.165) is 42.0 Å². The number of carbonyl (C=O) groups excluding carboxylic acids is 1. The molecule has 2 heterocycles. The summed E-state index contributed by atoms with van der Waals surface area (Å²) in [6.07, 6.45) is 4.74. The van der Waals surface area contributed by atoms with Gasteiger partial charge in [0.25, 0.3) is 11.5 Å². The number of carbonyl (C=O) groups is 1. The quantitative estimate of drug-likeness (QED) is 0.233. The first-order valence-corrected chi connectivity index (χ1v) is 14.5. The number of amides is 1. The average molecular weight is 627 g/mol. The highest BCUT2D eigenvalue weighted by molar-refractivity contribution is 6.39. The first kappa shape index (κ1) is 30.6. The number of nitrogens with zero attached hydrogens (tertiary/aromatic N) is 3. The third-order valence-corrected chi connectivity index (χ3v) is 8.33. The zero-order valence-electron chi connectivity index (χ0n) is 23.5. The molecule has 1 amide bonds. The van der Waals surface area contributed by atoms with Gasteiger partial charge < -0.3 is 20.5 Å². The molecule has 0 saturated heterocycles. The van der Waals surface area contributed by atoms with Crippen molar-refractivity contribution in [3.63, 3.8) is 0 Å². The second kappa shape index (κ2) is 13.2. The predicted octanol–water partition coefficient (Wildman–Crippen LogP) is 5.61. The maximum Gasteiger partial charge on any atom is 0.279 e. The Hall–Kier alpha value is -3.83. The van der Waals surface area contributed by atoms with E-state index in [1.807, 2.05) is 12.1 Å². The number of aliphatic hydroxyl groups excluding tert-OH is 1. The summed E-state index contributed by atoms with van der Waals surface area (Å²) < 4.78 is 21.4. The maximum absolute atomic E-state index is 14.8. The average Bonchev–Trinajstić information content (AvgIpc) is 3.00. The van der Waals surface area contributed by atoms with Crippen LogP contribution in [0.5, 0.6) is 5.88 Å². The van der Waals surface area contributed by atoms with Crippen LogP contribution in [0.2, 0.25) is 10.0 Å². The second-order valence-corrected chi connectivity index (χ2v) is 11.1. The highest BCUT2D eigenvalue weighted by Crippen LogP contribution is 2.42. The Bertz CT molecular complexity index is 1730. The number of hydrogen-bond acceptors (Lipinski definition) is 7. The van der Waals surface area contributed by atoms with Crippen LogP contribution >= 0.6 is 23.2 Å². The van der Waals surface area contributed by atoms with Crippen molar-refractivity contribution in [3.8, 4) is 28.3 Å². The van der Waals surface area contributed by atoms with Gasteiger partial charge in [0.15, 0.2) is 0 Å². The summed E-state index contributed by atoms with van der Waals surface area (Å²) in [7, 11) is 2.95. The minimum Gasteiger partial charge on any atom is -0.481 e. The molecule has 12 heteroatoms. The molecule has 5 rings (SSSR count). The van der Waals surface area contributed by atoms with Gasteiger partial charge in [-0.2, -0.15) is 5.10 Å². The summed E-state index contributed by atoms with van der Waals surface area (Å²) in [4.78, 5) is 29.9. The number of pyridine rings is 1. The van der Waals surface area contributed by atoms with Crippen LogP contribution in [0.3, 0.4) is 0 Å². The molecule has 224 valence electrons. The van der Waals surface area contributed by atoms with Gasteiger partial charge in [-0.25, -0.2) is 14.1 Å². The number of rotatable bonds is 8. The Kier molecular flexibility index (Phi) is 9.41. The third-order valence-electron chi connectivity index (χ3n) is 7.52. The van der Waals surface area contributed by atoms with E-state index in [1.165, 1.54) is 32.5 Å². The fourth-order valence-corrected chi connectivity index (χ4v) is 5.79. The van der Waals surface area contributed by atoms with Gasteiger partial charge in [-0.15, -0.1) is 0 Å². The Morgan fingerprint density at radius 3 is 2.63 bits per heavy atom. The van der Waals surface area contributed by atoms with Gasteiger partial charge in [0, 0.05) is 48.1 Å². The van der Waals surface area contributed by atoms with Crippen molar-refractivity contribution < 1.29 is 19.0 Å². The summed E-state index contributed by atoms with van der Waals surface area (Å²) >= 11 is 13.5. The number of anilines is 1. The molecule has 0 aliphatic heterocycles. The SMILES string of the molecule is COc1nc(-c2cccc(-c3cc(F)cc(NC(=O)c4ccnn(C)c4=O)c3Cl)c2Cl)ccc1CNC1CCCC[C@@H]1O. The lowest BCUT2D eigenvalue weighted by atomic mass is 9.92. The maximum atomic E-state index is 14.8. The van der Waals surface area contributed by atoms with Crippen molar-refractivity contribution in [1.29, 1.82) is 0 Å². The fraction of sp³-hybridized carbons (Fsp3) is 0.290. The van der Waals surface area contributed by atoms with Crippen LogP contribution in [0, 0.1) is 5.82 Å². The minimum absolute atomic E-state index is 0.0185. The van der Waals surface area contributed by atoms with Crippen LogP contribution in [0.25, 0.3) is 22.4 Å². The van der Waals surface area contributed by atoms with E-state index in [4.69, 9.17) is 27.9 Å². The van der Waals surface area contributed by atoms with E-state index in [2.05, 4.69) is 20.7 Å². The van der Waals surface area contributed by atoms with E-state index >= 15 is 0 Å². The number of methoxy groups -OCH3 is 1. The van der Waals surface area contributed by atoms with E-state index in [1.54, 1.807) is 18.2 Å². The number of aliphatic hydroxyl groups is 1. The lowest BCUT2D eigenvalue weighted by molar-refractivity contribution is 0.0901. The van der Waals surface area contributed by atoms with Gasteiger partial charge in [0.2, 0.25) is 5.88 Å². The van der Waals surface area contributed by atoms with E-state index in [9.17, 15) is 19.1 Å². The summed E-state index contributed by atoms with van der Waals surface area (Å²) in [6, 6.07) is 12.5. The Morgan fingerprint density at radius 2 is 1.86 bits per heavy atom. The molecule has 9 nitrogen and oxygen atoms in total. The first-order valence-electron chi connectivity index (χ1n) is 13.7. The zero-order chi connectivity index (χ0) is 30.7. The molecule has 2 aromatic heterocycles. The molecule has 2 atom stereocenters. The number of aryl methyl sites for hydroxylation is 1. The summed E-state index contributed by atoms with van der Waals surface area (Å²) in [6.45, 7) is 0.477. The number of benzene rings is 2. The van der Waals surface area contributed by atoms with E-state index in [-0.39, 0.29) is 39.0 Å². The van der Waals surface area contributed by atoms with Crippen molar-refractivity contribution in [1.82, 2.24) is 20.1 Å². The molecular weight excluding hydrogens is 596 g/mol. The molecule has 0 spiro atoms. The standard InChI is InChI=1S/C31H30Cl2FN5O4/c1-39-31(42)21(12-13-36-39)29(41)37-25-15-18(34)14-22(28(25)33)19-6-5-7-20(27(19)32)23-11-10-17(30(38-23)43-2)16-35-24-8-3-4-9-26(24)40/h5-7,10-15,24,26,35,40H,3-4,8-9,16H2,1-2H3,(H,37,41)/t24?,26-/m0/s1. The Morgan fingerprint density at radius 1 is 1.09 bits per heavy atom. The van der Waals surface area contributed by atoms with Gasteiger partial charge in [-0.3, -0.25) is 9.59 Å². The highest BCUT2D eigenvalue weighted by Gasteiger charge is 2.23. The predicted molar refractivity (Wildman–Crippen MR) is 164 cm³/mol. The molecule has 1 aliphatic carbocycles. The van der Waals surface area contributed by atoms with Gasteiger partial charge in [-0.1, -0.05) is 60.3 Å². The molecule has 1 aliphatic rings. The lowest BCUT2D eigenvalue weighted by Crippen LogP contribution is -2.41. The normalized spacial score (nSPS) is 16.6. The molecule has 0 bridgehead atoms. The summed E-state index contributed by atoms with van der Waals surface area (Å²) in [5.41, 5.74) is 1.76. The molecule has 4 aromatic rings. The van der Waals surface area contributed by atoms with Gasteiger partial charge in [-0.05, 0) is 37.1 Å². The van der Waals surface area contributed by atoms with Crippen LogP contribution in [-0.2, 0) is 13.6 Å². The van der Waals surface area contributed by atoms with Gasteiger partial charge in [0.1, 0.15) is 11.4 Å². The first-order chi connectivity index (χ1) is 20.7. The summed E-state index contributed by atoms with van der Waals surface area (Å²) in [5.74, 6) is -1.02. The molecule has 0 radical (unpaired) electrons. The van der Waals surface area contributed by atoms with Crippen molar-refractivity contribution in [2.45, 2.75) is 44.4 Å². The number of ether oxygens (including phenoxy) is 1. The van der Waals surface area contributed by atoms with Crippen LogP contribution in [0.15, 0.2) is 59.5 Å².